The molecule has 92 valence electrons. The van der Waals surface area contributed by atoms with E-state index in [1.807, 2.05) is 36.0 Å². The molecule has 2 rings (SSSR count). The van der Waals surface area contributed by atoms with E-state index in [0.29, 0.717) is 11.6 Å². The minimum Gasteiger partial charge on any atom is -0.352 e. The Morgan fingerprint density at radius 3 is 2.78 bits per heavy atom. The molecule has 0 unspecified atom stereocenters. The van der Waals surface area contributed by atoms with Crippen molar-refractivity contribution in [3.8, 4) is 6.07 Å². The first kappa shape index (κ1) is 12.2. The van der Waals surface area contributed by atoms with Gasteiger partial charge in [-0.25, -0.2) is 0 Å². The first-order valence-corrected chi connectivity index (χ1v) is 5.92. The van der Waals surface area contributed by atoms with Gasteiger partial charge in [0.1, 0.15) is 6.07 Å². The Morgan fingerprint density at radius 2 is 2.17 bits per heavy atom. The summed E-state index contributed by atoms with van der Waals surface area (Å²) < 4.78 is 1.88. The predicted octanol–water partition coefficient (Wildman–Crippen LogP) is 3.39. The zero-order valence-electron chi connectivity index (χ0n) is 10.8. The Bertz CT molecular complexity index is 590. The Hall–Kier alpha value is -2.28. The standard InChI is InChI=1S/C14H16N4/c1-10(2)18-9-13(8-16-18)17-14-6-11(3)4-5-12(14)7-15/h4-6,8-10,17H,1-3H3. The Kier molecular flexibility index (Phi) is 3.33. The third-order valence-corrected chi connectivity index (χ3v) is 2.71. The summed E-state index contributed by atoms with van der Waals surface area (Å²) >= 11 is 0. The zero-order valence-corrected chi connectivity index (χ0v) is 10.8. The van der Waals surface area contributed by atoms with Gasteiger partial charge in [0.25, 0.3) is 0 Å². The van der Waals surface area contributed by atoms with Crippen LogP contribution in [0.5, 0.6) is 0 Å². The second-order valence-electron chi connectivity index (χ2n) is 4.59. The summed E-state index contributed by atoms with van der Waals surface area (Å²) in [7, 11) is 0. The fourth-order valence-corrected chi connectivity index (χ4v) is 1.70. The van der Waals surface area contributed by atoms with Gasteiger partial charge < -0.3 is 5.32 Å². The highest BCUT2D eigenvalue weighted by molar-refractivity contribution is 5.66. The van der Waals surface area contributed by atoms with E-state index >= 15 is 0 Å². The van der Waals surface area contributed by atoms with Crippen molar-refractivity contribution >= 4 is 11.4 Å². The maximum Gasteiger partial charge on any atom is 0.101 e. The van der Waals surface area contributed by atoms with Crippen LogP contribution in [0, 0.1) is 18.3 Å². The molecular formula is C14H16N4. The van der Waals surface area contributed by atoms with E-state index < -0.39 is 0 Å². The van der Waals surface area contributed by atoms with Gasteiger partial charge in [-0.1, -0.05) is 6.07 Å². The van der Waals surface area contributed by atoms with Gasteiger partial charge in [-0.3, -0.25) is 4.68 Å². The molecular weight excluding hydrogens is 224 g/mol. The molecule has 0 fully saturated rings. The molecule has 0 amide bonds. The van der Waals surface area contributed by atoms with Crippen molar-refractivity contribution in [1.82, 2.24) is 9.78 Å². The fraction of sp³-hybridized carbons (Fsp3) is 0.286. The fourth-order valence-electron chi connectivity index (χ4n) is 1.70. The predicted molar refractivity (Wildman–Crippen MR) is 71.8 cm³/mol. The number of aryl methyl sites for hydroxylation is 1. The van der Waals surface area contributed by atoms with Gasteiger partial charge in [0.2, 0.25) is 0 Å². The number of anilines is 2. The summed E-state index contributed by atoms with van der Waals surface area (Å²) in [5, 5.41) is 16.6. The van der Waals surface area contributed by atoms with Crippen LogP contribution in [0.25, 0.3) is 0 Å². The van der Waals surface area contributed by atoms with Gasteiger partial charge in [0, 0.05) is 12.2 Å². The number of nitrogens with zero attached hydrogens (tertiary/aromatic N) is 3. The number of nitrogens with one attached hydrogen (secondary N) is 1. The summed E-state index contributed by atoms with van der Waals surface area (Å²) in [6.07, 6.45) is 3.71. The normalized spacial score (nSPS) is 10.4. The summed E-state index contributed by atoms with van der Waals surface area (Å²) in [4.78, 5) is 0. The van der Waals surface area contributed by atoms with E-state index in [1.165, 1.54) is 0 Å². The highest BCUT2D eigenvalue weighted by Gasteiger charge is 2.05. The number of hydrogen-bond acceptors (Lipinski definition) is 3. The molecule has 0 aliphatic rings. The molecule has 1 aromatic heterocycles. The van der Waals surface area contributed by atoms with Crippen LogP contribution in [0.3, 0.4) is 0 Å². The van der Waals surface area contributed by atoms with Crippen LogP contribution in [0.4, 0.5) is 11.4 Å². The molecule has 1 N–H and O–H groups in total. The van der Waals surface area contributed by atoms with Crippen LogP contribution < -0.4 is 5.32 Å². The average Bonchev–Trinajstić information content (AvgIpc) is 2.78. The lowest BCUT2D eigenvalue weighted by Gasteiger charge is -2.07. The van der Waals surface area contributed by atoms with E-state index in [1.54, 1.807) is 6.20 Å². The average molecular weight is 240 g/mol. The molecule has 0 atom stereocenters. The second-order valence-corrected chi connectivity index (χ2v) is 4.59. The van der Waals surface area contributed by atoms with Gasteiger partial charge in [-0.15, -0.1) is 0 Å². The Morgan fingerprint density at radius 1 is 1.39 bits per heavy atom. The lowest BCUT2D eigenvalue weighted by Crippen LogP contribution is -2.00. The Labute approximate surface area is 107 Å². The van der Waals surface area contributed by atoms with E-state index in [9.17, 15) is 0 Å². The summed E-state index contributed by atoms with van der Waals surface area (Å²) in [5.74, 6) is 0. The highest BCUT2D eigenvalue weighted by atomic mass is 15.3. The first-order valence-electron chi connectivity index (χ1n) is 5.92. The quantitative estimate of drug-likeness (QED) is 0.894. The smallest absolute Gasteiger partial charge is 0.101 e. The van der Waals surface area contributed by atoms with Gasteiger partial charge in [-0.05, 0) is 38.5 Å². The SMILES string of the molecule is Cc1ccc(C#N)c(Nc2cnn(C(C)C)c2)c1. The molecule has 0 saturated heterocycles. The lowest BCUT2D eigenvalue weighted by molar-refractivity contribution is 0.532. The third-order valence-electron chi connectivity index (χ3n) is 2.71. The van der Waals surface area contributed by atoms with Crippen molar-refractivity contribution in [1.29, 1.82) is 5.26 Å². The van der Waals surface area contributed by atoms with Gasteiger partial charge in [0.15, 0.2) is 0 Å². The molecule has 0 aliphatic carbocycles. The molecule has 1 heterocycles. The molecule has 4 nitrogen and oxygen atoms in total. The van der Waals surface area contributed by atoms with Gasteiger partial charge >= 0.3 is 0 Å². The summed E-state index contributed by atoms with van der Waals surface area (Å²) in [6, 6.07) is 8.23. The molecule has 0 saturated carbocycles. The summed E-state index contributed by atoms with van der Waals surface area (Å²) in [5.41, 5.74) is 3.47. The topological polar surface area (TPSA) is 53.6 Å². The zero-order chi connectivity index (χ0) is 13.1. The monoisotopic (exact) mass is 240 g/mol. The molecule has 0 aliphatic heterocycles. The van der Waals surface area contributed by atoms with Crippen LogP contribution in [0.1, 0.15) is 31.0 Å². The van der Waals surface area contributed by atoms with Crippen molar-refractivity contribution in [2.75, 3.05) is 5.32 Å². The van der Waals surface area contributed by atoms with E-state index in [4.69, 9.17) is 5.26 Å². The van der Waals surface area contributed by atoms with E-state index in [2.05, 4.69) is 30.3 Å². The number of hydrogen-bond donors (Lipinski definition) is 1. The minimum absolute atomic E-state index is 0.327. The molecule has 1 aromatic carbocycles. The molecule has 0 bridgehead atoms. The highest BCUT2D eigenvalue weighted by Crippen LogP contribution is 2.22. The van der Waals surface area contributed by atoms with Crippen molar-refractivity contribution in [3.05, 3.63) is 41.7 Å². The molecule has 0 spiro atoms. The van der Waals surface area contributed by atoms with Gasteiger partial charge in [0.05, 0.1) is 23.1 Å². The second kappa shape index (κ2) is 4.92. The largest absolute Gasteiger partial charge is 0.352 e. The van der Waals surface area contributed by atoms with Crippen LogP contribution in [0.2, 0.25) is 0 Å². The van der Waals surface area contributed by atoms with Crippen LogP contribution in [0.15, 0.2) is 30.6 Å². The number of aromatic nitrogens is 2. The minimum atomic E-state index is 0.327. The molecule has 4 heteroatoms. The van der Waals surface area contributed by atoms with Gasteiger partial charge in [-0.2, -0.15) is 10.4 Å². The van der Waals surface area contributed by atoms with Crippen molar-refractivity contribution in [2.45, 2.75) is 26.8 Å². The van der Waals surface area contributed by atoms with Crippen molar-refractivity contribution in [2.24, 2.45) is 0 Å². The molecule has 18 heavy (non-hydrogen) atoms. The van der Waals surface area contributed by atoms with E-state index in [0.717, 1.165) is 16.9 Å². The maximum absolute atomic E-state index is 9.07. The third kappa shape index (κ3) is 2.51. The van der Waals surface area contributed by atoms with Crippen LogP contribution in [-0.2, 0) is 0 Å². The molecule has 2 aromatic rings. The van der Waals surface area contributed by atoms with Crippen LogP contribution >= 0.6 is 0 Å². The number of rotatable bonds is 3. The Balaban J connectivity index is 2.28. The number of benzene rings is 1. The van der Waals surface area contributed by atoms with Crippen molar-refractivity contribution < 1.29 is 0 Å². The lowest BCUT2D eigenvalue weighted by atomic mass is 10.1. The first-order chi connectivity index (χ1) is 8.60. The number of nitriles is 1. The molecule has 0 radical (unpaired) electrons. The van der Waals surface area contributed by atoms with Crippen LogP contribution in [-0.4, -0.2) is 9.78 Å². The van der Waals surface area contributed by atoms with Crippen molar-refractivity contribution in [3.63, 3.8) is 0 Å². The summed E-state index contributed by atoms with van der Waals surface area (Å²) in [6.45, 7) is 6.15. The maximum atomic E-state index is 9.07. The van der Waals surface area contributed by atoms with E-state index in [-0.39, 0.29) is 0 Å².